The van der Waals surface area contributed by atoms with Crippen LogP contribution in [0.15, 0.2) is 41.0 Å². The van der Waals surface area contributed by atoms with Crippen molar-refractivity contribution in [3.63, 3.8) is 0 Å². The fraction of sp³-hybridized carbons (Fsp3) is 0.267. The van der Waals surface area contributed by atoms with Crippen molar-refractivity contribution in [3.8, 4) is 5.75 Å². The fourth-order valence-electron chi connectivity index (χ4n) is 1.98. The maximum absolute atomic E-state index is 12.2. The number of methoxy groups -OCH3 is 1. The van der Waals surface area contributed by atoms with Gasteiger partial charge in [-0.25, -0.2) is 0 Å². The van der Waals surface area contributed by atoms with E-state index < -0.39 is 0 Å². The molecule has 20 heavy (non-hydrogen) atoms. The smallest absolute Gasteiger partial charge is 0.255 e. The Morgan fingerprint density at radius 2 is 2.25 bits per heavy atom. The molecule has 2 aromatic rings. The highest BCUT2D eigenvalue weighted by Crippen LogP contribution is 2.21. The van der Waals surface area contributed by atoms with Gasteiger partial charge in [-0.15, -0.1) is 0 Å². The zero-order valence-electron chi connectivity index (χ0n) is 11.6. The second-order valence-corrected chi connectivity index (χ2v) is 4.62. The van der Waals surface area contributed by atoms with E-state index in [0.717, 1.165) is 5.76 Å². The summed E-state index contributed by atoms with van der Waals surface area (Å²) in [7, 11) is 1.51. The van der Waals surface area contributed by atoms with Gasteiger partial charge in [0, 0.05) is 24.2 Å². The minimum absolute atomic E-state index is 0.0455. The molecule has 2 rings (SSSR count). The second kappa shape index (κ2) is 6.14. The largest absolute Gasteiger partial charge is 0.496 e. The highest BCUT2D eigenvalue weighted by molar-refractivity contribution is 5.97. The minimum atomic E-state index is -0.194. The van der Waals surface area contributed by atoms with Crippen LogP contribution in [0.3, 0.4) is 0 Å². The summed E-state index contributed by atoms with van der Waals surface area (Å²) in [6, 6.07) is 8.62. The van der Waals surface area contributed by atoms with Gasteiger partial charge >= 0.3 is 0 Å². The third-order valence-corrected chi connectivity index (χ3v) is 2.94. The van der Waals surface area contributed by atoms with E-state index in [1.807, 2.05) is 19.1 Å². The van der Waals surface area contributed by atoms with Crippen molar-refractivity contribution in [2.75, 3.05) is 12.8 Å². The van der Waals surface area contributed by atoms with Crippen LogP contribution in [0.25, 0.3) is 0 Å². The highest BCUT2D eigenvalue weighted by Gasteiger charge is 2.15. The molecular weight excluding hydrogens is 256 g/mol. The Labute approximate surface area is 117 Å². The van der Waals surface area contributed by atoms with Gasteiger partial charge in [0.2, 0.25) is 0 Å². The molecule has 1 atom stereocenters. The third-order valence-electron chi connectivity index (χ3n) is 2.94. The molecule has 0 spiro atoms. The molecular formula is C15H18N2O3. The quantitative estimate of drug-likeness (QED) is 0.820. The van der Waals surface area contributed by atoms with Crippen LogP contribution in [-0.2, 0) is 6.42 Å². The number of nitrogens with two attached hydrogens (primary N) is 1. The number of amides is 1. The monoisotopic (exact) mass is 274 g/mol. The lowest BCUT2D eigenvalue weighted by atomic mass is 10.1. The number of benzene rings is 1. The molecule has 1 heterocycles. The molecule has 0 aliphatic rings. The van der Waals surface area contributed by atoms with Crippen LogP contribution in [0.5, 0.6) is 5.75 Å². The van der Waals surface area contributed by atoms with Crippen molar-refractivity contribution in [2.24, 2.45) is 0 Å². The summed E-state index contributed by atoms with van der Waals surface area (Å²) in [5.74, 6) is 1.11. The molecule has 0 aliphatic carbocycles. The summed E-state index contributed by atoms with van der Waals surface area (Å²) in [6.07, 6.45) is 2.25. The molecule has 5 heteroatoms. The Balaban J connectivity index is 2.04. The summed E-state index contributed by atoms with van der Waals surface area (Å²) >= 11 is 0. The first-order valence-corrected chi connectivity index (χ1v) is 6.37. The molecule has 106 valence electrons. The average molecular weight is 274 g/mol. The standard InChI is InChI=1S/C15H18N2O3/c1-10(8-12-4-3-7-20-12)17-15(18)13-6-5-11(16)9-14(13)19-2/h3-7,9-10H,8,16H2,1-2H3,(H,17,18). The Kier molecular flexibility index (Phi) is 4.30. The zero-order valence-corrected chi connectivity index (χ0v) is 11.6. The molecule has 1 aromatic carbocycles. The molecule has 5 nitrogen and oxygen atoms in total. The van der Waals surface area contributed by atoms with E-state index in [4.69, 9.17) is 14.9 Å². The number of anilines is 1. The van der Waals surface area contributed by atoms with Gasteiger partial charge in [-0.3, -0.25) is 4.79 Å². The number of hydrogen-bond acceptors (Lipinski definition) is 4. The lowest BCUT2D eigenvalue weighted by Gasteiger charge is -2.14. The first-order chi connectivity index (χ1) is 9.60. The van der Waals surface area contributed by atoms with Gasteiger partial charge in [0.15, 0.2) is 0 Å². The second-order valence-electron chi connectivity index (χ2n) is 4.62. The molecule has 0 aliphatic heterocycles. The SMILES string of the molecule is COc1cc(N)ccc1C(=O)NC(C)Cc1ccco1. The molecule has 1 aromatic heterocycles. The number of carbonyl (C=O) groups excluding carboxylic acids is 1. The lowest BCUT2D eigenvalue weighted by molar-refractivity contribution is 0.0936. The Morgan fingerprint density at radius 1 is 1.45 bits per heavy atom. The average Bonchev–Trinajstić information content (AvgIpc) is 2.90. The Bertz CT molecular complexity index is 579. The van der Waals surface area contributed by atoms with E-state index in [9.17, 15) is 4.79 Å². The van der Waals surface area contributed by atoms with E-state index in [0.29, 0.717) is 23.4 Å². The fourth-order valence-corrected chi connectivity index (χ4v) is 1.98. The summed E-state index contributed by atoms with van der Waals surface area (Å²) in [5.41, 5.74) is 6.69. The molecule has 1 amide bonds. The van der Waals surface area contributed by atoms with Crippen molar-refractivity contribution in [3.05, 3.63) is 47.9 Å². The van der Waals surface area contributed by atoms with Crippen LogP contribution >= 0.6 is 0 Å². The molecule has 0 saturated carbocycles. The van der Waals surface area contributed by atoms with E-state index in [2.05, 4.69) is 5.32 Å². The van der Waals surface area contributed by atoms with Crippen molar-refractivity contribution in [1.82, 2.24) is 5.32 Å². The molecule has 3 N–H and O–H groups in total. The third kappa shape index (κ3) is 3.32. The van der Waals surface area contributed by atoms with Crippen molar-refractivity contribution in [2.45, 2.75) is 19.4 Å². The number of nitrogens with one attached hydrogen (secondary N) is 1. The first kappa shape index (κ1) is 14.0. The topological polar surface area (TPSA) is 77.5 Å². The summed E-state index contributed by atoms with van der Waals surface area (Å²) in [4.78, 5) is 12.2. The van der Waals surface area contributed by atoms with Gasteiger partial charge in [0.1, 0.15) is 11.5 Å². The van der Waals surface area contributed by atoms with Gasteiger partial charge in [0.05, 0.1) is 18.9 Å². The number of carbonyl (C=O) groups is 1. The van der Waals surface area contributed by atoms with Gasteiger partial charge in [0.25, 0.3) is 5.91 Å². The number of rotatable bonds is 5. The maximum atomic E-state index is 12.2. The Morgan fingerprint density at radius 3 is 2.90 bits per heavy atom. The van der Waals surface area contributed by atoms with Crippen LogP contribution in [0, 0.1) is 0 Å². The number of ether oxygens (including phenoxy) is 1. The van der Waals surface area contributed by atoms with Crippen LogP contribution in [0.1, 0.15) is 23.0 Å². The van der Waals surface area contributed by atoms with Gasteiger partial charge in [-0.2, -0.15) is 0 Å². The summed E-state index contributed by atoms with van der Waals surface area (Å²) in [6.45, 7) is 1.92. The molecule has 0 fully saturated rings. The maximum Gasteiger partial charge on any atom is 0.255 e. The zero-order chi connectivity index (χ0) is 14.5. The van der Waals surface area contributed by atoms with E-state index in [1.165, 1.54) is 7.11 Å². The molecule has 0 bridgehead atoms. The molecule has 1 unspecified atom stereocenters. The van der Waals surface area contributed by atoms with E-state index in [-0.39, 0.29) is 11.9 Å². The van der Waals surface area contributed by atoms with Gasteiger partial charge < -0.3 is 20.2 Å². The van der Waals surface area contributed by atoms with Crippen LogP contribution < -0.4 is 15.8 Å². The summed E-state index contributed by atoms with van der Waals surface area (Å²) in [5, 5.41) is 2.91. The van der Waals surface area contributed by atoms with Crippen molar-refractivity contribution in [1.29, 1.82) is 0 Å². The Hall–Kier alpha value is -2.43. The first-order valence-electron chi connectivity index (χ1n) is 6.37. The van der Waals surface area contributed by atoms with Crippen LogP contribution in [-0.4, -0.2) is 19.1 Å². The minimum Gasteiger partial charge on any atom is -0.496 e. The highest BCUT2D eigenvalue weighted by atomic mass is 16.5. The molecule has 0 radical (unpaired) electrons. The predicted molar refractivity (Wildman–Crippen MR) is 76.7 cm³/mol. The van der Waals surface area contributed by atoms with Crippen molar-refractivity contribution >= 4 is 11.6 Å². The predicted octanol–water partition coefficient (Wildman–Crippen LogP) is 2.23. The van der Waals surface area contributed by atoms with Gasteiger partial charge in [-0.1, -0.05) is 0 Å². The number of furan rings is 1. The number of hydrogen-bond donors (Lipinski definition) is 2. The van der Waals surface area contributed by atoms with Gasteiger partial charge in [-0.05, 0) is 31.2 Å². The van der Waals surface area contributed by atoms with Crippen molar-refractivity contribution < 1.29 is 13.9 Å². The normalized spacial score (nSPS) is 11.9. The summed E-state index contributed by atoms with van der Waals surface area (Å²) < 4.78 is 10.4. The number of nitrogen functional groups attached to an aromatic ring is 1. The molecule has 0 saturated heterocycles. The van der Waals surface area contributed by atoms with Crippen LogP contribution in [0.4, 0.5) is 5.69 Å². The van der Waals surface area contributed by atoms with E-state index in [1.54, 1.807) is 24.5 Å². The lowest BCUT2D eigenvalue weighted by Crippen LogP contribution is -2.34. The van der Waals surface area contributed by atoms with E-state index >= 15 is 0 Å². The van der Waals surface area contributed by atoms with Crippen LogP contribution in [0.2, 0.25) is 0 Å².